The van der Waals surface area contributed by atoms with Crippen LogP contribution in [0.5, 0.6) is 11.5 Å². The summed E-state index contributed by atoms with van der Waals surface area (Å²) in [4.78, 5) is 14.8. The highest BCUT2D eigenvalue weighted by Crippen LogP contribution is 2.57. The van der Waals surface area contributed by atoms with Crippen LogP contribution in [0.15, 0.2) is 12.1 Å². The zero-order valence-corrected chi connectivity index (χ0v) is 16.6. The Balaban J connectivity index is 1.75. The number of carbonyl (C=O) groups is 1. The highest BCUT2D eigenvalue weighted by Gasteiger charge is 2.57. The molecule has 0 N–H and O–H groups in total. The van der Waals surface area contributed by atoms with Gasteiger partial charge in [0.25, 0.3) is 0 Å². The molecule has 5 heteroatoms. The molecule has 0 spiro atoms. The molecule has 1 aromatic carbocycles. The number of fused-ring (bicyclic) bond motifs is 5. The van der Waals surface area contributed by atoms with Crippen molar-refractivity contribution >= 4 is 6.09 Å². The van der Waals surface area contributed by atoms with Crippen LogP contribution in [-0.2, 0) is 16.6 Å². The van der Waals surface area contributed by atoms with Gasteiger partial charge in [-0.1, -0.05) is 20.8 Å². The van der Waals surface area contributed by atoms with E-state index in [2.05, 4.69) is 32.9 Å². The van der Waals surface area contributed by atoms with E-state index in [0.717, 1.165) is 24.3 Å². The Labute approximate surface area is 155 Å². The number of benzene rings is 1. The minimum absolute atomic E-state index is 0.0231. The van der Waals surface area contributed by atoms with Gasteiger partial charge in [0.05, 0.1) is 0 Å². The number of nitrogens with zero attached hydrogens (tertiary/aromatic N) is 1. The first-order valence-corrected chi connectivity index (χ1v) is 9.45. The minimum atomic E-state index is -0.486. The quantitative estimate of drug-likeness (QED) is 0.694. The van der Waals surface area contributed by atoms with Crippen LogP contribution < -0.4 is 9.47 Å². The average Bonchev–Trinajstić information content (AvgIpc) is 2.95. The van der Waals surface area contributed by atoms with E-state index in [0.29, 0.717) is 6.54 Å². The lowest BCUT2D eigenvalue weighted by Gasteiger charge is -2.60. The van der Waals surface area contributed by atoms with Gasteiger partial charge in [0.1, 0.15) is 5.60 Å². The fourth-order valence-electron chi connectivity index (χ4n) is 4.84. The van der Waals surface area contributed by atoms with Crippen molar-refractivity contribution in [2.45, 2.75) is 71.4 Å². The van der Waals surface area contributed by atoms with Crippen LogP contribution in [0.3, 0.4) is 0 Å². The van der Waals surface area contributed by atoms with Gasteiger partial charge >= 0.3 is 6.09 Å². The molecule has 3 aliphatic rings. The summed E-state index contributed by atoms with van der Waals surface area (Å²) in [7, 11) is 0. The van der Waals surface area contributed by atoms with Crippen molar-refractivity contribution in [3.63, 3.8) is 0 Å². The Morgan fingerprint density at radius 2 is 1.85 bits per heavy atom. The summed E-state index contributed by atoms with van der Waals surface area (Å²) in [6, 6.07) is 4.37. The molecule has 2 heterocycles. The molecule has 2 atom stereocenters. The SMILES string of the molecule is CC(C)(C)OC(=O)N1CCC2(C)c3cc4c(cc3CC1C2(C)C)OCO4. The Morgan fingerprint density at radius 3 is 2.50 bits per heavy atom. The van der Waals surface area contributed by atoms with Crippen molar-refractivity contribution in [1.82, 2.24) is 4.90 Å². The predicted octanol–water partition coefficient (Wildman–Crippen LogP) is 4.26. The normalized spacial score (nSPS) is 28.5. The number of ether oxygens (including phenoxy) is 3. The van der Waals surface area contributed by atoms with Gasteiger partial charge in [-0.25, -0.2) is 4.79 Å². The monoisotopic (exact) mass is 359 g/mol. The lowest BCUT2D eigenvalue weighted by Crippen LogP contribution is -2.65. The first kappa shape index (κ1) is 17.5. The molecule has 1 aliphatic carbocycles. The standard InChI is InChI=1S/C21H29NO4/c1-19(2,3)26-18(23)22-8-7-21(6)14-11-16-15(24-12-25-16)9-13(14)10-17(22)20(21,4)5/h9,11,17H,7-8,10,12H2,1-6H3. The Morgan fingerprint density at radius 1 is 1.19 bits per heavy atom. The second kappa shape index (κ2) is 5.30. The molecule has 142 valence electrons. The molecular weight excluding hydrogens is 330 g/mol. The van der Waals surface area contributed by atoms with Crippen LogP contribution in [0.2, 0.25) is 0 Å². The maximum absolute atomic E-state index is 12.9. The maximum atomic E-state index is 12.9. The van der Waals surface area contributed by atoms with E-state index in [4.69, 9.17) is 14.2 Å². The van der Waals surface area contributed by atoms with E-state index in [1.54, 1.807) is 0 Å². The zero-order valence-electron chi connectivity index (χ0n) is 16.6. The third-order valence-electron chi connectivity index (χ3n) is 6.72. The minimum Gasteiger partial charge on any atom is -0.454 e. The van der Waals surface area contributed by atoms with E-state index < -0.39 is 5.60 Å². The van der Waals surface area contributed by atoms with Crippen molar-refractivity contribution < 1.29 is 19.0 Å². The second-order valence-corrected chi connectivity index (χ2v) is 9.56. The van der Waals surface area contributed by atoms with Crippen molar-refractivity contribution in [3.05, 3.63) is 23.3 Å². The predicted molar refractivity (Wildman–Crippen MR) is 98.7 cm³/mol. The summed E-state index contributed by atoms with van der Waals surface area (Å²) in [6.07, 6.45) is 1.51. The summed E-state index contributed by atoms with van der Waals surface area (Å²) in [5, 5.41) is 0. The topological polar surface area (TPSA) is 48.0 Å². The average molecular weight is 359 g/mol. The fraction of sp³-hybridized carbons (Fsp3) is 0.667. The fourth-order valence-corrected chi connectivity index (χ4v) is 4.84. The molecule has 0 radical (unpaired) electrons. The number of hydrogen-bond acceptors (Lipinski definition) is 4. The van der Waals surface area contributed by atoms with Gasteiger partial charge in [0, 0.05) is 18.0 Å². The number of rotatable bonds is 0. The molecule has 1 saturated heterocycles. The lowest BCUT2D eigenvalue weighted by molar-refractivity contribution is -0.0521. The summed E-state index contributed by atoms with van der Waals surface area (Å²) >= 11 is 0. The molecule has 1 amide bonds. The molecule has 0 saturated carbocycles. The van der Waals surface area contributed by atoms with Gasteiger partial charge in [-0.15, -0.1) is 0 Å². The van der Waals surface area contributed by atoms with E-state index in [1.165, 1.54) is 11.1 Å². The van der Waals surface area contributed by atoms with Crippen LogP contribution in [0.4, 0.5) is 4.79 Å². The molecule has 2 bridgehead atoms. The number of piperidine rings is 1. The number of likely N-dealkylation sites (tertiary alicyclic amines) is 1. The summed E-state index contributed by atoms with van der Waals surface area (Å²) in [5.41, 5.74) is 2.02. The van der Waals surface area contributed by atoms with Gasteiger partial charge in [0.15, 0.2) is 11.5 Å². The van der Waals surface area contributed by atoms with Gasteiger partial charge in [-0.05, 0) is 62.3 Å². The molecule has 2 unspecified atom stereocenters. The Kier molecular flexibility index (Phi) is 3.57. The number of carbonyl (C=O) groups excluding carboxylic acids is 1. The summed E-state index contributed by atoms with van der Waals surface area (Å²) < 4.78 is 16.9. The van der Waals surface area contributed by atoms with Crippen LogP contribution in [-0.4, -0.2) is 36.0 Å². The molecule has 5 nitrogen and oxygen atoms in total. The van der Waals surface area contributed by atoms with Gasteiger partial charge in [-0.3, -0.25) is 0 Å². The van der Waals surface area contributed by atoms with Crippen LogP contribution in [0.1, 0.15) is 59.1 Å². The molecule has 0 aromatic heterocycles. The highest BCUT2D eigenvalue weighted by molar-refractivity contribution is 5.70. The molecule has 1 aromatic rings. The molecule has 26 heavy (non-hydrogen) atoms. The third kappa shape index (κ3) is 2.39. The third-order valence-corrected chi connectivity index (χ3v) is 6.72. The van der Waals surface area contributed by atoms with E-state index >= 15 is 0 Å². The van der Waals surface area contributed by atoms with Crippen molar-refractivity contribution in [3.8, 4) is 11.5 Å². The van der Waals surface area contributed by atoms with E-state index in [-0.39, 0.29) is 29.8 Å². The summed E-state index contributed by atoms with van der Waals surface area (Å²) in [5.74, 6) is 1.66. The van der Waals surface area contributed by atoms with Crippen LogP contribution >= 0.6 is 0 Å². The van der Waals surface area contributed by atoms with Crippen molar-refractivity contribution in [2.75, 3.05) is 13.3 Å². The number of amides is 1. The highest BCUT2D eigenvalue weighted by atomic mass is 16.7. The van der Waals surface area contributed by atoms with Gasteiger partial charge < -0.3 is 19.1 Å². The largest absolute Gasteiger partial charge is 0.454 e. The van der Waals surface area contributed by atoms with E-state index in [1.807, 2.05) is 25.7 Å². The van der Waals surface area contributed by atoms with E-state index in [9.17, 15) is 4.79 Å². The Bertz CT molecular complexity index is 764. The summed E-state index contributed by atoms with van der Waals surface area (Å²) in [6.45, 7) is 13.6. The van der Waals surface area contributed by atoms with Crippen LogP contribution in [0.25, 0.3) is 0 Å². The van der Waals surface area contributed by atoms with Gasteiger partial charge in [-0.2, -0.15) is 0 Å². The first-order valence-electron chi connectivity index (χ1n) is 9.45. The van der Waals surface area contributed by atoms with Crippen molar-refractivity contribution in [2.24, 2.45) is 5.41 Å². The smallest absolute Gasteiger partial charge is 0.410 e. The van der Waals surface area contributed by atoms with Gasteiger partial charge in [0.2, 0.25) is 6.79 Å². The maximum Gasteiger partial charge on any atom is 0.410 e. The lowest BCUT2D eigenvalue weighted by atomic mass is 9.51. The Hall–Kier alpha value is -1.91. The zero-order chi connectivity index (χ0) is 18.9. The second-order valence-electron chi connectivity index (χ2n) is 9.56. The molecule has 2 aliphatic heterocycles. The number of hydrogen-bond donors (Lipinski definition) is 0. The first-order chi connectivity index (χ1) is 12.0. The van der Waals surface area contributed by atoms with Crippen LogP contribution in [0, 0.1) is 5.41 Å². The van der Waals surface area contributed by atoms with Crippen molar-refractivity contribution in [1.29, 1.82) is 0 Å². The molecule has 1 fully saturated rings. The molecule has 4 rings (SSSR count). The molecular formula is C21H29NO4.